The zero-order valence-electron chi connectivity index (χ0n) is 8.12. The van der Waals surface area contributed by atoms with Crippen molar-refractivity contribution in [2.24, 2.45) is 0 Å². The standard InChI is InChI=1S/C10H16N2O/c1-3-11-10(7-13)9-5-4-8(2)12-6-9/h4-6,10-11,13H,3,7H2,1-2H3. The molecule has 1 atom stereocenters. The minimum Gasteiger partial charge on any atom is -0.394 e. The molecular formula is C10H16N2O. The lowest BCUT2D eigenvalue weighted by atomic mass is 10.1. The van der Waals surface area contributed by atoms with E-state index in [9.17, 15) is 0 Å². The molecule has 3 nitrogen and oxygen atoms in total. The van der Waals surface area contributed by atoms with Crippen LogP contribution in [0.15, 0.2) is 18.3 Å². The van der Waals surface area contributed by atoms with Crippen LogP contribution in [0.5, 0.6) is 0 Å². The van der Waals surface area contributed by atoms with Crippen LogP contribution in [-0.2, 0) is 0 Å². The molecule has 0 spiro atoms. The second-order valence-corrected chi connectivity index (χ2v) is 3.03. The number of aromatic nitrogens is 1. The van der Waals surface area contributed by atoms with E-state index in [1.807, 2.05) is 26.0 Å². The summed E-state index contributed by atoms with van der Waals surface area (Å²) in [4.78, 5) is 4.18. The van der Waals surface area contributed by atoms with Gasteiger partial charge in [-0.2, -0.15) is 0 Å². The molecule has 0 aliphatic carbocycles. The van der Waals surface area contributed by atoms with Gasteiger partial charge in [-0.15, -0.1) is 0 Å². The van der Waals surface area contributed by atoms with Gasteiger partial charge in [0.1, 0.15) is 0 Å². The first-order valence-electron chi connectivity index (χ1n) is 4.54. The maximum Gasteiger partial charge on any atom is 0.0627 e. The van der Waals surface area contributed by atoms with E-state index in [1.165, 1.54) is 0 Å². The summed E-state index contributed by atoms with van der Waals surface area (Å²) in [6, 6.07) is 3.96. The lowest BCUT2D eigenvalue weighted by Crippen LogP contribution is -2.24. The average molecular weight is 180 g/mol. The zero-order chi connectivity index (χ0) is 9.68. The average Bonchev–Trinajstić information content (AvgIpc) is 2.16. The number of nitrogens with zero attached hydrogens (tertiary/aromatic N) is 1. The Morgan fingerprint density at radius 3 is 2.77 bits per heavy atom. The van der Waals surface area contributed by atoms with Gasteiger partial charge in [-0.05, 0) is 25.1 Å². The Balaban J connectivity index is 2.73. The monoisotopic (exact) mass is 180 g/mol. The van der Waals surface area contributed by atoms with Crippen molar-refractivity contribution in [2.45, 2.75) is 19.9 Å². The summed E-state index contributed by atoms with van der Waals surface area (Å²) in [6.07, 6.45) is 1.80. The minimum absolute atomic E-state index is 0.0121. The summed E-state index contributed by atoms with van der Waals surface area (Å²) in [5.74, 6) is 0. The summed E-state index contributed by atoms with van der Waals surface area (Å²) in [6.45, 7) is 4.92. The number of aliphatic hydroxyl groups is 1. The molecule has 0 aliphatic heterocycles. The molecule has 0 saturated heterocycles. The molecule has 1 rings (SSSR count). The van der Waals surface area contributed by atoms with Crippen molar-refractivity contribution in [3.05, 3.63) is 29.6 Å². The molecule has 0 aliphatic rings. The van der Waals surface area contributed by atoms with Crippen LogP contribution in [0.4, 0.5) is 0 Å². The van der Waals surface area contributed by atoms with Gasteiger partial charge in [-0.3, -0.25) is 4.98 Å². The third-order valence-corrected chi connectivity index (χ3v) is 1.97. The predicted molar refractivity (Wildman–Crippen MR) is 52.5 cm³/mol. The first kappa shape index (κ1) is 10.2. The fraction of sp³-hybridized carbons (Fsp3) is 0.500. The molecule has 0 saturated carbocycles. The molecule has 0 radical (unpaired) electrons. The summed E-state index contributed by atoms with van der Waals surface area (Å²) >= 11 is 0. The van der Waals surface area contributed by atoms with E-state index in [2.05, 4.69) is 10.3 Å². The Bertz CT molecular complexity index is 246. The van der Waals surface area contributed by atoms with Crippen LogP contribution < -0.4 is 5.32 Å². The second kappa shape index (κ2) is 4.94. The summed E-state index contributed by atoms with van der Waals surface area (Å²) in [5.41, 5.74) is 2.03. The summed E-state index contributed by atoms with van der Waals surface area (Å²) in [7, 11) is 0. The van der Waals surface area contributed by atoms with Crippen LogP contribution in [0.2, 0.25) is 0 Å². The van der Waals surface area contributed by atoms with E-state index in [1.54, 1.807) is 6.20 Å². The van der Waals surface area contributed by atoms with Crippen LogP contribution in [0.1, 0.15) is 24.2 Å². The number of aryl methyl sites for hydroxylation is 1. The minimum atomic E-state index is 0.0121. The Morgan fingerprint density at radius 2 is 2.31 bits per heavy atom. The molecule has 72 valence electrons. The van der Waals surface area contributed by atoms with Gasteiger partial charge in [-0.25, -0.2) is 0 Å². The van der Waals surface area contributed by atoms with Gasteiger partial charge in [0.25, 0.3) is 0 Å². The normalized spacial score (nSPS) is 12.8. The van der Waals surface area contributed by atoms with Gasteiger partial charge in [0.05, 0.1) is 12.6 Å². The highest BCUT2D eigenvalue weighted by atomic mass is 16.3. The van der Waals surface area contributed by atoms with E-state index in [0.29, 0.717) is 0 Å². The lowest BCUT2D eigenvalue weighted by molar-refractivity contribution is 0.246. The van der Waals surface area contributed by atoms with Crippen LogP contribution >= 0.6 is 0 Å². The number of pyridine rings is 1. The highest BCUT2D eigenvalue weighted by Gasteiger charge is 2.07. The number of hydrogen-bond donors (Lipinski definition) is 2. The molecule has 1 aromatic heterocycles. The molecule has 0 aromatic carbocycles. The Hall–Kier alpha value is -0.930. The van der Waals surface area contributed by atoms with Crippen LogP contribution in [0, 0.1) is 6.92 Å². The molecular weight excluding hydrogens is 164 g/mol. The number of nitrogens with one attached hydrogen (secondary N) is 1. The van der Waals surface area contributed by atoms with E-state index in [0.717, 1.165) is 17.8 Å². The molecule has 0 fully saturated rings. The molecule has 13 heavy (non-hydrogen) atoms. The number of hydrogen-bond acceptors (Lipinski definition) is 3. The third kappa shape index (κ3) is 2.79. The number of rotatable bonds is 4. The van der Waals surface area contributed by atoms with E-state index in [-0.39, 0.29) is 12.6 Å². The van der Waals surface area contributed by atoms with Crippen LogP contribution in [0.25, 0.3) is 0 Å². The second-order valence-electron chi connectivity index (χ2n) is 3.03. The topological polar surface area (TPSA) is 45.1 Å². The Kier molecular flexibility index (Phi) is 3.86. The fourth-order valence-corrected chi connectivity index (χ4v) is 1.22. The Labute approximate surface area is 78.8 Å². The maximum atomic E-state index is 9.09. The molecule has 0 amide bonds. The van der Waals surface area contributed by atoms with Gasteiger partial charge >= 0.3 is 0 Å². The quantitative estimate of drug-likeness (QED) is 0.727. The molecule has 2 N–H and O–H groups in total. The summed E-state index contributed by atoms with van der Waals surface area (Å²) < 4.78 is 0. The van der Waals surface area contributed by atoms with Gasteiger partial charge in [0.2, 0.25) is 0 Å². The molecule has 3 heteroatoms. The highest BCUT2D eigenvalue weighted by molar-refractivity contribution is 5.17. The number of aliphatic hydroxyl groups excluding tert-OH is 1. The smallest absolute Gasteiger partial charge is 0.0627 e. The van der Waals surface area contributed by atoms with Crippen molar-refractivity contribution in [1.82, 2.24) is 10.3 Å². The van der Waals surface area contributed by atoms with Crippen molar-refractivity contribution < 1.29 is 5.11 Å². The van der Waals surface area contributed by atoms with E-state index in [4.69, 9.17) is 5.11 Å². The highest BCUT2D eigenvalue weighted by Crippen LogP contribution is 2.10. The van der Waals surface area contributed by atoms with Crippen LogP contribution in [-0.4, -0.2) is 23.2 Å². The van der Waals surface area contributed by atoms with Gasteiger partial charge in [-0.1, -0.05) is 13.0 Å². The Morgan fingerprint density at radius 1 is 1.54 bits per heavy atom. The largest absolute Gasteiger partial charge is 0.394 e. The van der Waals surface area contributed by atoms with Crippen molar-refractivity contribution in [2.75, 3.05) is 13.2 Å². The van der Waals surface area contributed by atoms with Crippen molar-refractivity contribution in [1.29, 1.82) is 0 Å². The molecule has 1 aromatic rings. The van der Waals surface area contributed by atoms with Crippen molar-refractivity contribution in [3.8, 4) is 0 Å². The van der Waals surface area contributed by atoms with Gasteiger partial charge in [0.15, 0.2) is 0 Å². The predicted octanol–water partition coefficient (Wildman–Crippen LogP) is 1.03. The van der Waals surface area contributed by atoms with Gasteiger partial charge in [0, 0.05) is 11.9 Å². The molecule has 1 heterocycles. The van der Waals surface area contributed by atoms with E-state index < -0.39 is 0 Å². The van der Waals surface area contributed by atoms with Crippen molar-refractivity contribution >= 4 is 0 Å². The lowest BCUT2D eigenvalue weighted by Gasteiger charge is -2.14. The molecule has 0 bridgehead atoms. The van der Waals surface area contributed by atoms with Crippen molar-refractivity contribution in [3.63, 3.8) is 0 Å². The number of likely N-dealkylation sites (N-methyl/N-ethyl adjacent to an activating group) is 1. The van der Waals surface area contributed by atoms with E-state index >= 15 is 0 Å². The third-order valence-electron chi connectivity index (χ3n) is 1.97. The summed E-state index contributed by atoms with van der Waals surface area (Å²) in [5, 5.41) is 12.3. The maximum absolute atomic E-state index is 9.09. The van der Waals surface area contributed by atoms with Gasteiger partial charge < -0.3 is 10.4 Å². The van der Waals surface area contributed by atoms with Crippen LogP contribution in [0.3, 0.4) is 0 Å². The first-order chi connectivity index (χ1) is 6.27. The first-order valence-corrected chi connectivity index (χ1v) is 4.54. The SMILES string of the molecule is CCNC(CO)c1ccc(C)nc1. The zero-order valence-corrected chi connectivity index (χ0v) is 8.12. The fourth-order valence-electron chi connectivity index (χ4n) is 1.22. The molecule has 1 unspecified atom stereocenters.